The number of benzene rings is 3. The molecule has 0 bridgehead atoms. The fourth-order valence-electron chi connectivity index (χ4n) is 10.6. The first-order valence-corrected chi connectivity index (χ1v) is 19.5. The van der Waals surface area contributed by atoms with E-state index in [2.05, 4.69) is 149 Å². The lowest BCUT2D eigenvalue weighted by Gasteiger charge is -2.38. The quantitative estimate of drug-likeness (QED) is 0.195. The zero-order chi connectivity index (χ0) is 33.0. The van der Waals surface area contributed by atoms with Gasteiger partial charge in [0.2, 0.25) is 0 Å². The number of hydrogen-bond donors (Lipinski definition) is 0. The number of para-hydroxylation sites is 1. The van der Waals surface area contributed by atoms with Crippen molar-refractivity contribution in [1.29, 1.82) is 0 Å². The van der Waals surface area contributed by atoms with Crippen LogP contribution in [0.1, 0.15) is 80.9 Å². The van der Waals surface area contributed by atoms with Crippen LogP contribution < -0.4 is 0 Å². The maximum absolute atomic E-state index is 2.80. The van der Waals surface area contributed by atoms with E-state index >= 15 is 0 Å². The van der Waals surface area contributed by atoms with Crippen LogP contribution in [0.5, 0.6) is 0 Å². The Labute approximate surface area is 297 Å². The summed E-state index contributed by atoms with van der Waals surface area (Å²) in [6, 6.07) is 28.9. The molecule has 4 aromatic rings. The van der Waals surface area contributed by atoms with E-state index in [9.17, 15) is 0 Å². The largest absolute Gasteiger partial charge is 0.361 e. The molecule has 50 heavy (non-hydrogen) atoms. The van der Waals surface area contributed by atoms with Crippen LogP contribution in [0.15, 0.2) is 151 Å². The number of nitrogens with zero attached hydrogens (tertiary/aromatic N) is 2. The summed E-state index contributed by atoms with van der Waals surface area (Å²) in [7, 11) is 0. The molecule has 250 valence electrons. The van der Waals surface area contributed by atoms with Crippen LogP contribution in [0.25, 0.3) is 27.4 Å². The Bertz CT molecular complexity index is 2150. The third kappa shape index (κ3) is 5.13. The minimum absolute atomic E-state index is 0.459. The van der Waals surface area contributed by atoms with Crippen molar-refractivity contribution in [1.82, 2.24) is 9.47 Å². The number of fused-ring (bicyclic) bond motifs is 6. The fourth-order valence-corrected chi connectivity index (χ4v) is 10.6. The maximum Gasteiger partial charge on any atom is 0.0548 e. The lowest BCUT2D eigenvalue weighted by atomic mass is 9.73. The van der Waals surface area contributed by atoms with Crippen molar-refractivity contribution in [3.8, 4) is 0 Å². The van der Waals surface area contributed by atoms with Crippen LogP contribution in [-0.2, 0) is 0 Å². The molecule has 2 heterocycles. The van der Waals surface area contributed by atoms with Crippen molar-refractivity contribution < 1.29 is 0 Å². The van der Waals surface area contributed by atoms with E-state index in [1.807, 2.05) is 0 Å². The smallest absolute Gasteiger partial charge is 0.0548 e. The zero-order valence-corrected chi connectivity index (χ0v) is 29.1. The first-order valence-electron chi connectivity index (χ1n) is 19.5. The summed E-state index contributed by atoms with van der Waals surface area (Å²) in [5.41, 5.74) is 10.3. The number of likely N-dealkylation sites (tertiary alicyclic amines) is 1. The maximum atomic E-state index is 2.80. The van der Waals surface area contributed by atoms with Gasteiger partial charge in [-0.1, -0.05) is 121 Å². The van der Waals surface area contributed by atoms with Gasteiger partial charge < -0.3 is 9.47 Å². The van der Waals surface area contributed by atoms with E-state index in [0.717, 1.165) is 6.42 Å². The van der Waals surface area contributed by atoms with Crippen LogP contribution in [0.3, 0.4) is 0 Å². The SMILES string of the molecule is C1=CC2C3C=C(C4CC=C(c5ccc6c(c5)c5ccccc5n6C5C=CCCC5)CC4)CCC3N(C3=CCC(c4ccccc4)C=C3)C2C=C1. The molecule has 3 aromatic carbocycles. The predicted molar refractivity (Wildman–Crippen MR) is 210 cm³/mol. The van der Waals surface area contributed by atoms with Crippen molar-refractivity contribution in [3.63, 3.8) is 0 Å². The highest BCUT2D eigenvalue weighted by atomic mass is 15.2. The molecule has 1 aromatic heterocycles. The normalized spacial score (nSPS) is 30.3. The van der Waals surface area contributed by atoms with Gasteiger partial charge in [0.15, 0.2) is 0 Å². The molecule has 2 heteroatoms. The third-order valence-corrected chi connectivity index (χ3v) is 13.0. The summed E-state index contributed by atoms with van der Waals surface area (Å²) in [6.07, 6.45) is 38.1. The number of hydrogen-bond acceptors (Lipinski definition) is 1. The van der Waals surface area contributed by atoms with Gasteiger partial charge in [-0.05, 0) is 105 Å². The van der Waals surface area contributed by atoms with Gasteiger partial charge in [-0.25, -0.2) is 0 Å². The monoisotopic (exact) mass is 652 g/mol. The molecule has 0 saturated carbocycles. The molecule has 1 saturated heterocycles. The molecule has 6 aliphatic rings. The van der Waals surface area contributed by atoms with Crippen LogP contribution in [-0.4, -0.2) is 21.6 Å². The van der Waals surface area contributed by atoms with Crippen LogP contribution in [0.2, 0.25) is 0 Å². The van der Waals surface area contributed by atoms with E-state index in [4.69, 9.17) is 0 Å². The Hall–Kier alpha value is -4.56. The topological polar surface area (TPSA) is 8.17 Å². The molecular formula is C48H48N2. The van der Waals surface area contributed by atoms with Gasteiger partial charge >= 0.3 is 0 Å². The summed E-state index contributed by atoms with van der Waals surface area (Å²) in [5.74, 6) is 2.32. The van der Waals surface area contributed by atoms with Crippen LogP contribution in [0, 0.1) is 17.8 Å². The summed E-state index contributed by atoms with van der Waals surface area (Å²) in [6.45, 7) is 0. The standard InChI is InChI=1S/C48H48N2/c1-3-11-33(12-4-1)34-23-27-40(28-24-34)50-46-18-10-8-16-42(46)44-32-38(26-30-48(44)50)36-21-19-35(20-22-36)37-25-29-47-43(31-37)41-15-7-9-17-45(41)49(47)39-13-5-2-6-14-39/h1,3-5,7-13,15-19,23,25,27-29,31-32,34,36,39,42,44,46,48H,2,6,14,20-22,24,26,30H2. The molecule has 7 unspecified atom stereocenters. The predicted octanol–water partition coefficient (Wildman–Crippen LogP) is 12.0. The molecular weight excluding hydrogens is 605 g/mol. The molecule has 0 amide bonds. The van der Waals surface area contributed by atoms with Gasteiger partial charge in [-0.2, -0.15) is 0 Å². The van der Waals surface area contributed by atoms with Gasteiger partial charge in [-0.15, -0.1) is 0 Å². The molecule has 0 spiro atoms. The summed E-state index contributed by atoms with van der Waals surface area (Å²) in [5, 5.41) is 2.81. The Morgan fingerprint density at radius 1 is 0.680 bits per heavy atom. The van der Waals surface area contributed by atoms with E-state index in [1.54, 1.807) is 11.1 Å². The molecule has 2 nitrogen and oxygen atoms in total. The average molecular weight is 653 g/mol. The molecule has 1 fully saturated rings. The summed E-state index contributed by atoms with van der Waals surface area (Å²) >= 11 is 0. The van der Waals surface area contributed by atoms with E-state index in [0.29, 0.717) is 41.8 Å². The van der Waals surface area contributed by atoms with Gasteiger partial charge in [0.05, 0.1) is 12.1 Å². The lowest BCUT2D eigenvalue weighted by Crippen LogP contribution is -2.37. The highest BCUT2D eigenvalue weighted by Gasteiger charge is 2.48. The summed E-state index contributed by atoms with van der Waals surface area (Å²) in [4.78, 5) is 2.80. The second-order valence-electron chi connectivity index (χ2n) is 15.7. The molecule has 5 aliphatic carbocycles. The van der Waals surface area contributed by atoms with Gasteiger partial charge in [-0.3, -0.25) is 0 Å². The van der Waals surface area contributed by atoms with Gasteiger partial charge in [0.25, 0.3) is 0 Å². The fraction of sp³-hybridized carbons (Fsp3) is 0.333. The number of allylic oxidation sites excluding steroid dienone is 10. The van der Waals surface area contributed by atoms with Crippen molar-refractivity contribution >= 4 is 27.4 Å². The molecule has 1 aliphatic heterocycles. The van der Waals surface area contributed by atoms with Gasteiger partial charge in [0, 0.05) is 51.3 Å². The molecule has 0 radical (unpaired) electrons. The Balaban J connectivity index is 0.889. The van der Waals surface area contributed by atoms with Gasteiger partial charge in [0.1, 0.15) is 0 Å². The second kappa shape index (κ2) is 12.6. The average Bonchev–Trinajstić information content (AvgIpc) is 3.71. The number of rotatable bonds is 5. The van der Waals surface area contributed by atoms with E-state index < -0.39 is 0 Å². The second-order valence-corrected chi connectivity index (χ2v) is 15.7. The Kier molecular flexibility index (Phi) is 7.66. The summed E-state index contributed by atoms with van der Waals surface area (Å²) < 4.78 is 2.60. The minimum atomic E-state index is 0.459. The van der Waals surface area contributed by atoms with Crippen molar-refractivity contribution in [2.75, 3.05) is 0 Å². The third-order valence-electron chi connectivity index (χ3n) is 13.0. The highest BCUT2D eigenvalue weighted by Crippen LogP contribution is 2.50. The van der Waals surface area contributed by atoms with Crippen molar-refractivity contribution in [2.45, 2.75) is 81.8 Å². The molecule has 0 N–H and O–H groups in total. The zero-order valence-electron chi connectivity index (χ0n) is 29.1. The van der Waals surface area contributed by atoms with E-state index in [-0.39, 0.29) is 0 Å². The Morgan fingerprint density at radius 3 is 2.40 bits per heavy atom. The molecule has 7 atom stereocenters. The van der Waals surface area contributed by atoms with Crippen molar-refractivity contribution in [3.05, 3.63) is 162 Å². The van der Waals surface area contributed by atoms with Crippen LogP contribution in [0.4, 0.5) is 0 Å². The first-order chi connectivity index (χ1) is 24.8. The van der Waals surface area contributed by atoms with Crippen molar-refractivity contribution in [2.24, 2.45) is 17.8 Å². The number of aromatic nitrogens is 1. The Morgan fingerprint density at radius 2 is 1.56 bits per heavy atom. The minimum Gasteiger partial charge on any atom is -0.361 e. The highest BCUT2D eigenvalue weighted by molar-refractivity contribution is 6.09. The van der Waals surface area contributed by atoms with Crippen LogP contribution >= 0.6 is 0 Å². The molecule has 10 rings (SSSR count). The van der Waals surface area contributed by atoms with E-state index in [1.165, 1.54) is 90.0 Å². The lowest BCUT2D eigenvalue weighted by molar-refractivity contribution is 0.250. The first kappa shape index (κ1) is 30.3.